The van der Waals surface area contributed by atoms with E-state index >= 15 is 0 Å². The van der Waals surface area contributed by atoms with E-state index in [2.05, 4.69) is 64.4 Å². The molecule has 41 heavy (non-hydrogen) atoms. The zero-order valence-electron chi connectivity index (χ0n) is 23.8. The van der Waals surface area contributed by atoms with E-state index in [1.54, 1.807) is 7.11 Å². The molecule has 2 bridgehead atoms. The van der Waals surface area contributed by atoms with Crippen LogP contribution in [-0.4, -0.2) is 59.8 Å². The number of aromatic amines is 1. The first-order valence-electron chi connectivity index (χ1n) is 14.4. The second-order valence-electron chi connectivity index (χ2n) is 11.8. The zero-order chi connectivity index (χ0) is 28.7. The molecule has 3 aliphatic rings. The number of H-pyrrole nitrogens is 1. The van der Waals surface area contributed by atoms with Crippen LogP contribution in [0.25, 0.3) is 22.6 Å². The fourth-order valence-electron chi connectivity index (χ4n) is 6.52. The van der Waals surface area contributed by atoms with Gasteiger partial charge in [-0.3, -0.25) is 4.79 Å². The topological polar surface area (TPSA) is 142 Å². The zero-order valence-corrected chi connectivity index (χ0v) is 23.8. The van der Waals surface area contributed by atoms with E-state index in [0.717, 1.165) is 49.4 Å². The second kappa shape index (κ2) is 11.1. The van der Waals surface area contributed by atoms with Crippen molar-refractivity contribution in [3.8, 4) is 23.2 Å². The Labute approximate surface area is 239 Å². The Balaban J connectivity index is 1.36. The number of nitriles is 1. The molecule has 0 unspecified atom stereocenters. The summed E-state index contributed by atoms with van der Waals surface area (Å²) in [5, 5.41) is 13.4. The maximum atomic E-state index is 12.3. The monoisotopic (exact) mass is 555 g/mol. The van der Waals surface area contributed by atoms with Gasteiger partial charge in [0.1, 0.15) is 23.2 Å². The van der Waals surface area contributed by atoms with E-state index in [9.17, 15) is 10.1 Å². The molecule has 3 heterocycles. The normalized spacial score (nSPS) is 23.8. The number of allylic oxidation sites excluding steroid dienone is 1. The highest BCUT2D eigenvalue weighted by atomic mass is 16.5. The molecule has 4 N–H and O–H groups in total. The molecular formula is C31H37N7O3. The molecule has 2 aromatic heterocycles. The SMILES string of the molecule is COC1CCN(c2ccc(-c3nc4ncc(C#N)c(N[C@H]5[C@@H](C(N)=O)[C@@H]6C=C[C@H]5C6)c4[nH]3)c(OCC(C)C)c2)CC1. The van der Waals surface area contributed by atoms with Crippen molar-refractivity contribution >= 4 is 28.4 Å². The minimum atomic E-state index is -0.334. The highest BCUT2D eigenvalue weighted by Crippen LogP contribution is 2.46. The number of anilines is 2. The highest BCUT2D eigenvalue weighted by Gasteiger charge is 2.47. The fraction of sp³-hybridized carbons (Fsp3) is 0.484. The van der Waals surface area contributed by atoms with E-state index in [-0.39, 0.29) is 29.7 Å². The van der Waals surface area contributed by atoms with Crippen LogP contribution in [0.15, 0.2) is 36.5 Å². The van der Waals surface area contributed by atoms with Gasteiger partial charge in [0.05, 0.1) is 35.4 Å². The Bertz CT molecular complexity index is 1520. The third-order valence-electron chi connectivity index (χ3n) is 8.67. The third-order valence-corrected chi connectivity index (χ3v) is 8.67. The Morgan fingerprint density at radius 3 is 2.76 bits per heavy atom. The number of nitrogens with zero attached hydrogens (tertiary/aromatic N) is 4. The number of methoxy groups -OCH3 is 1. The Kier molecular flexibility index (Phi) is 7.30. The lowest BCUT2D eigenvalue weighted by Gasteiger charge is -2.33. The van der Waals surface area contributed by atoms with Gasteiger partial charge in [-0.2, -0.15) is 5.26 Å². The molecule has 6 rings (SSSR count). The minimum absolute atomic E-state index is 0.120. The van der Waals surface area contributed by atoms with Gasteiger partial charge in [0.15, 0.2) is 5.65 Å². The predicted molar refractivity (Wildman–Crippen MR) is 157 cm³/mol. The van der Waals surface area contributed by atoms with E-state index in [0.29, 0.717) is 46.9 Å². The molecule has 1 aromatic carbocycles. The van der Waals surface area contributed by atoms with Gasteiger partial charge in [0.2, 0.25) is 5.91 Å². The molecule has 0 spiro atoms. The van der Waals surface area contributed by atoms with Crippen LogP contribution in [0.4, 0.5) is 11.4 Å². The largest absolute Gasteiger partial charge is 0.492 e. The van der Waals surface area contributed by atoms with E-state index in [1.165, 1.54) is 6.20 Å². The number of imidazole rings is 1. The number of nitrogens with two attached hydrogens (primary N) is 1. The molecule has 10 heteroatoms. The number of pyridine rings is 1. The summed E-state index contributed by atoms with van der Waals surface area (Å²) >= 11 is 0. The number of hydrogen-bond donors (Lipinski definition) is 3. The van der Waals surface area contributed by atoms with Crippen molar-refractivity contribution in [2.75, 3.05) is 37.0 Å². The molecule has 1 saturated heterocycles. The molecule has 1 aliphatic heterocycles. The summed E-state index contributed by atoms with van der Waals surface area (Å²) in [6.45, 7) is 6.66. The predicted octanol–water partition coefficient (Wildman–Crippen LogP) is 4.23. The number of fused-ring (bicyclic) bond motifs is 3. The quantitative estimate of drug-likeness (QED) is 0.333. The third kappa shape index (κ3) is 5.10. The van der Waals surface area contributed by atoms with Crippen LogP contribution in [-0.2, 0) is 9.53 Å². The number of carbonyl (C=O) groups excluding carboxylic acids is 1. The van der Waals surface area contributed by atoms with Gasteiger partial charge < -0.3 is 30.4 Å². The van der Waals surface area contributed by atoms with E-state index in [1.807, 2.05) is 6.07 Å². The van der Waals surface area contributed by atoms with Gasteiger partial charge in [-0.1, -0.05) is 26.0 Å². The lowest BCUT2D eigenvalue weighted by molar-refractivity contribution is -0.122. The molecule has 214 valence electrons. The van der Waals surface area contributed by atoms with Gasteiger partial charge in [0, 0.05) is 44.2 Å². The second-order valence-corrected chi connectivity index (χ2v) is 11.8. The van der Waals surface area contributed by atoms with Gasteiger partial charge >= 0.3 is 0 Å². The molecule has 2 fully saturated rings. The number of primary amides is 1. The van der Waals surface area contributed by atoms with Crippen molar-refractivity contribution in [3.05, 3.63) is 42.1 Å². The molecule has 0 radical (unpaired) electrons. The van der Waals surface area contributed by atoms with Gasteiger partial charge in [-0.25, -0.2) is 9.97 Å². The molecule has 10 nitrogen and oxygen atoms in total. The van der Waals surface area contributed by atoms with Crippen molar-refractivity contribution in [2.45, 2.75) is 45.3 Å². The summed E-state index contributed by atoms with van der Waals surface area (Å²) in [4.78, 5) is 27.4. The lowest BCUT2D eigenvalue weighted by atomic mass is 9.88. The number of rotatable bonds is 9. The standard InChI is InChI=1S/C31H37N7O3/c1-17(2)16-41-24-13-21(38-10-8-22(40-3)9-11-38)6-7-23(24)30-36-28-27(20(14-32)15-34-31(28)37-30)35-26-19-5-4-18(12-19)25(26)29(33)39/h4-7,13,15,17-19,22,25-26H,8-12,16H2,1-3H3,(H2,33,39)(H2,34,35,36,37)/t18-,19+,25+,26-/m1/s1. The number of carbonyl (C=O) groups is 1. The van der Waals surface area contributed by atoms with Crippen LogP contribution >= 0.6 is 0 Å². The highest BCUT2D eigenvalue weighted by molar-refractivity contribution is 5.92. The molecule has 1 amide bonds. The first kappa shape index (κ1) is 27.1. The molecule has 1 saturated carbocycles. The number of hydrogen-bond acceptors (Lipinski definition) is 8. The smallest absolute Gasteiger partial charge is 0.223 e. The van der Waals surface area contributed by atoms with E-state index < -0.39 is 0 Å². The summed E-state index contributed by atoms with van der Waals surface area (Å²) in [5.41, 5.74) is 9.81. The van der Waals surface area contributed by atoms with Crippen molar-refractivity contribution in [3.63, 3.8) is 0 Å². The van der Waals surface area contributed by atoms with Crippen molar-refractivity contribution in [1.82, 2.24) is 15.0 Å². The van der Waals surface area contributed by atoms with Crippen LogP contribution in [0.2, 0.25) is 0 Å². The summed E-state index contributed by atoms with van der Waals surface area (Å²) in [6, 6.07) is 8.28. The number of nitrogens with one attached hydrogen (secondary N) is 2. The van der Waals surface area contributed by atoms with Crippen LogP contribution in [0.3, 0.4) is 0 Å². The Hall–Kier alpha value is -4.10. The average molecular weight is 556 g/mol. The van der Waals surface area contributed by atoms with Crippen LogP contribution in [0.5, 0.6) is 5.75 Å². The number of amides is 1. The Morgan fingerprint density at radius 1 is 1.27 bits per heavy atom. The van der Waals surface area contributed by atoms with Crippen molar-refractivity contribution in [1.29, 1.82) is 5.26 Å². The lowest BCUT2D eigenvalue weighted by Crippen LogP contribution is -2.41. The maximum absolute atomic E-state index is 12.3. The van der Waals surface area contributed by atoms with Crippen LogP contribution in [0, 0.1) is 35.0 Å². The van der Waals surface area contributed by atoms with Gasteiger partial charge in [0.25, 0.3) is 0 Å². The van der Waals surface area contributed by atoms with Gasteiger partial charge in [-0.05, 0) is 49.1 Å². The van der Waals surface area contributed by atoms with Crippen molar-refractivity contribution < 1.29 is 14.3 Å². The van der Waals surface area contributed by atoms with Crippen LogP contribution in [0.1, 0.15) is 38.7 Å². The summed E-state index contributed by atoms with van der Waals surface area (Å²) in [6.07, 6.45) is 8.91. The molecule has 4 atom stereocenters. The molecule has 2 aliphatic carbocycles. The van der Waals surface area contributed by atoms with E-state index in [4.69, 9.17) is 20.2 Å². The van der Waals surface area contributed by atoms with Crippen molar-refractivity contribution in [2.24, 2.45) is 29.4 Å². The molecular weight excluding hydrogens is 518 g/mol. The van der Waals surface area contributed by atoms with Gasteiger partial charge in [-0.15, -0.1) is 0 Å². The molecule has 3 aromatic rings. The maximum Gasteiger partial charge on any atom is 0.223 e. The number of benzene rings is 1. The number of piperidine rings is 1. The minimum Gasteiger partial charge on any atom is -0.492 e. The first-order valence-corrected chi connectivity index (χ1v) is 14.4. The first-order chi connectivity index (χ1) is 19.9. The van der Waals surface area contributed by atoms with Crippen LogP contribution < -0.4 is 20.7 Å². The summed E-state index contributed by atoms with van der Waals surface area (Å²) in [7, 11) is 1.78. The average Bonchev–Trinajstić information content (AvgIpc) is 3.71. The Morgan fingerprint density at radius 2 is 2.05 bits per heavy atom. The number of ether oxygens (including phenoxy) is 2. The summed E-state index contributed by atoms with van der Waals surface area (Å²) < 4.78 is 11.9. The summed E-state index contributed by atoms with van der Waals surface area (Å²) in [5.74, 6) is 1.33. The number of aromatic nitrogens is 3. The fourth-order valence-corrected chi connectivity index (χ4v) is 6.52.